The van der Waals surface area contributed by atoms with Gasteiger partial charge in [0.15, 0.2) is 6.29 Å². The first-order valence-electron chi connectivity index (χ1n) is 6.02. The third-order valence-corrected chi connectivity index (χ3v) is 7.26. The summed E-state index contributed by atoms with van der Waals surface area (Å²) in [5.41, 5.74) is 0. The summed E-state index contributed by atoms with van der Waals surface area (Å²) in [5, 5.41) is 9.54. The maximum Gasteiger partial charge on any atom is 0.238 e. The topological polar surface area (TPSA) is 38.7 Å². The van der Waals surface area contributed by atoms with E-state index in [1.807, 2.05) is 0 Å². The van der Waals surface area contributed by atoms with Gasteiger partial charge in [-0.05, 0) is 24.1 Å². The first kappa shape index (κ1) is 15.1. The third kappa shape index (κ3) is 5.66. The Labute approximate surface area is 94.8 Å². The quantitative estimate of drug-likeness (QED) is 0.303. The van der Waals surface area contributed by atoms with Gasteiger partial charge in [-0.25, -0.2) is 4.89 Å². The Morgan fingerprint density at radius 3 is 1.87 bits per heavy atom. The molecule has 0 amide bonds. The fourth-order valence-corrected chi connectivity index (χ4v) is 3.70. The zero-order valence-electron chi connectivity index (χ0n) is 10.7. The van der Waals surface area contributed by atoms with Gasteiger partial charge in [0.2, 0.25) is 8.32 Å². The number of hydrogen-bond donors (Lipinski definition) is 1. The summed E-state index contributed by atoms with van der Waals surface area (Å²) in [6, 6.07) is 3.11. The number of aliphatic hydroxyl groups is 1. The van der Waals surface area contributed by atoms with Gasteiger partial charge in [0.25, 0.3) is 0 Å². The summed E-state index contributed by atoms with van der Waals surface area (Å²) in [5.74, 6) is 0.421. The van der Waals surface area contributed by atoms with Crippen LogP contribution < -0.4 is 0 Å². The summed E-state index contributed by atoms with van der Waals surface area (Å²) >= 11 is 0. The van der Waals surface area contributed by atoms with E-state index in [4.69, 9.17) is 9.46 Å². The molecule has 92 valence electrons. The molecule has 0 saturated heterocycles. The Morgan fingerprint density at radius 1 is 1.07 bits per heavy atom. The van der Waals surface area contributed by atoms with E-state index in [-0.39, 0.29) is 0 Å². The zero-order chi connectivity index (χ0) is 11.9. The second kappa shape index (κ2) is 7.38. The minimum atomic E-state index is -1.71. The van der Waals surface area contributed by atoms with Crippen molar-refractivity contribution in [1.82, 2.24) is 0 Å². The normalized spacial score (nSPS) is 14.6. The summed E-state index contributed by atoms with van der Waals surface area (Å²) in [7, 11) is -1.71. The van der Waals surface area contributed by atoms with Crippen LogP contribution >= 0.6 is 0 Å². The molecule has 0 rings (SSSR count). The molecule has 0 aromatic heterocycles. The van der Waals surface area contributed by atoms with Crippen LogP contribution in [0.4, 0.5) is 0 Å². The highest BCUT2D eigenvalue weighted by Crippen LogP contribution is 2.22. The number of aliphatic hydroxyl groups excluding tert-OH is 1. The van der Waals surface area contributed by atoms with Gasteiger partial charge >= 0.3 is 0 Å². The van der Waals surface area contributed by atoms with Crippen LogP contribution in [0.3, 0.4) is 0 Å². The number of hydrogen-bond acceptors (Lipinski definition) is 3. The van der Waals surface area contributed by atoms with E-state index < -0.39 is 14.6 Å². The largest absolute Gasteiger partial charge is 0.366 e. The standard InChI is InChI=1S/C11H26O3Si/c1-6-15(7-2,8-3)14-13-11(12)9-10(4)5/h10-12H,6-9H2,1-5H3. The SMILES string of the molecule is CC[Si](CC)(CC)OOC(O)CC(C)C. The molecule has 4 heteroatoms. The van der Waals surface area contributed by atoms with E-state index in [2.05, 4.69) is 34.6 Å². The maximum absolute atomic E-state index is 9.54. The highest BCUT2D eigenvalue weighted by atomic mass is 28.4. The molecule has 1 atom stereocenters. The van der Waals surface area contributed by atoms with Crippen LogP contribution in [0.2, 0.25) is 18.1 Å². The van der Waals surface area contributed by atoms with Gasteiger partial charge < -0.3 is 5.11 Å². The molecular weight excluding hydrogens is 208 g/mol. The molecule has 0 aliphatic heterocycles. The van der Waals surface area contributed by atoms with Crippen LogP contribution in [0.1, 0.15) is 41.0 Å². The van der Waals surface area contributed by atoms with Crippen molar-refractivity contribution in [3.63, 3.8) is 0 Å². The molecule has 0 aliphatic carbocycles. The minimum Gasteiger partial charge on any atom is -0.366 e. The maximum atomic E-state index is 9.54. The van der Waals surface area contributed by atoms with Crippen molar-refractivity contribution < 1.29 is 14.6 Å². The van der Waals surface area contributed by atoms with Crippen molar-refractivity contribution in [3.8, 4) is 0 Å². The Bertz CT molecular complexity index is 150. The molecule has 15 heavy (non-hydrogen) atoms. The van der Waals surface area contributed by atoms with Gasteiger partial charge in [-0.3, -0.25) is 4.58 Å². The van der Waals surface area contributed by atoms with Gasteiger partial charge in [-0.1, -0.05) is 34.6 Å². The lowest BCUT2D eigenvalue weighted by atomic mass is 10.1. The van der Waals surface area contributed by atoms with Gasteiger partial charge in [0, 0.05) is 6.42 Å². The van der Waals surface area contributed by atoms with Crippen molar-refractivity contribution >= 4 is 8.32 Å². The fraction of sp³-hybridized carbons (Fsp3) is 1.00. The highest BCUT2D eigenvalue weighted by Gasteiger charge is 2.31. The smallest absolute Gasteiger partial charge is 0.238 e. The Kier molecular flexibility index (Phi) is 7.43. The lowest BCUT2D eigenvalue weighted by Gasteiger charge is -2.27. The first-order chi connectivity index (χ1) is 6.99. The molecule has 0 aromatic carbocycles. The Hall–Kier alpha value is 0.0969. The molecule has 0 fully saturated rings. The van der Waals surface area contributed by atoms with E-state index in [9.17, 15) is 5.11 Å². The fourth-order valence-electron chi connectivity index (χ4n) is 1.53. The monoisotopic (exact) mass is 234 g/mol. The molecule has 1 N–H and O–H groups in total. The van der Waals surface area contributed by atoms with Gasteiger partial charge in [0.1, 0.15) is 0 Å². The molecule has 1 unspecified atom stereocenters. The summed E-state index contributed by atoms with van der Waals surface area (Å²) in [6.45, 7) is 10.5. The molecular formula is C11H26O3Si. The molecule has 3 nitrogen and oxygen atoms in total. The highest BCUT2D eigenvalue weighted by molar-refractivity contribution is 6.73. The van der Waals surface area contributed by atoms with Crippen LogP contribution in [-0.4, -0.2) is 19.7 Å². The van der Waals surface area contributed by atoms with E-state index in [0.29, 0.717) is 12.3 Å². The van der Waals surface area contributed by atoms with Gasteiger partial charge in [-0.2, -0.15) is 0 Å². The third-order valence-electron chi connectivity index (χ3n) is 2.94. The van der Waals surface area contributed by atoms with Gasteiger partial charge in [0.05, 0.1) is 0 Å². The average molecular weight is 234 g/mol. The van der Waals surface area contributed by atoms with E-state index in [0.717, 1.165) is 18.1 Å². The van der Waals surface area contributed by atoms with Crippen LogP contribution in [0.25, 0.3) is 0 Å². The van der Waals surface area contributed by atoms with Crippen molar-refractivity contribution in [2.24, 2.45) is 5.92 Å². The minimum absolute atomic E-state index is 0.421. The summed E-state index contributed by atoms with van der Waals surface area (Å²) < 4.78 is 5.53. The van der Waals surface area contributed by atoms with Crippen LogP contribution in [0, 0.1) is 5.92 Å². The summed E-state index contributed by atoms with van der Waals surface area (Å²) in [4.78, 5) is 5.11. The number of rotatable bonds is 8. The molecule has 0 bridgehead atoms. The van der Waals surface area contributed by atoms with Crippen molar-refractivity contribution in [3.05, 3.63) is 0 Å². The van der Waals surface area contributed by atoms with Crippen LogP contribution in [-0.2, 0) is 9.46 Å². The van der Waals surface area contributed by atoms with Crippen molar-refractivity contribution in [1.29, 1.82) is 0 Å². The van der Waals surface area contributed by atoms with Crippen molar-refractivity contribution in [2.75, 3.05) is 0 Å². The first-order valence-corrected chi connectivity index (χ1v) is 8.55. The summed E-state index contributed by atoms with van der Waals surface area (Å²) in [6.07, 6.45) is -0.150. The second-order valence-corrected chi connectivity index (χ2v) is 9.16. The van der Waals surface area contributed by atoms with Crippen molar-refractivity contribution in [2.45, 2.75) is 65.5 Å². The van der Waals surface area contributed by atoms with Crippen LogP contribution in [0.5, 0.6) is 0 Å². The predicted octanol–water partition coefficient (Wildman–Crippen LogP) is 3.30. The lowest BCUT2D eigenvalue weighted by molar-refractivity contribution is -0.319. The molecule has 0 radical (unpaired) electrons. The lowest BCUT2D eigenvalue weighted by Crippen LogP contribution is -2.37. The van der Waals surface area contributed by atoms with E-state index in [1.165, 1.54) is 0 Å². The Balaban J connectivity index is 3.99. The Morgan fingerprint density at radius 2 is 1.53 bits per heavy atom. The van der Waals surface area contributed by atoms with E-state index >= 15 is 0 Å². The molecule has 0 spiro atoms. The van der Waals surface area contributed by atoms with Crippen LogP contribution in [0.15, 0.2) is 0 Å². The molecule has 0 heterocycles. The molecule has 0 aliphatic rings. The molecule has 0 aromatic rings. The van der Waals surface area contributed by atoms with Gasteiger partial charge in [-0.15, -0.1) is 0 Å². The average Bonchev–Trinajstić information content (AvgIpc) is 2.20. The second-order valence-electron chi connectivity index (χ2n) is 4.51. The molecule has 0 saturated carbocycles. The van der Waals surface area contributed by atoms with E-state index in [1.54, 1.807) is 0 Å². The zero-order valence-corrected chi connectivity index (χ0v) is 11.7. The predicted molar refractivity (Wildman–Crippen MR) is 64.8 cm³/mol.